The summed E-state index contributed by atoms with van der Waals surface area (Å²) in [5.41, 5.74) is 7.41. The first-order valence-corrected chi connectivity index (χ1v) is 5.92. The highest BCUT2D eigenvalue weighted by Gasteiger charge is 2.15. The fourth-order valence-corrected chi connectivity index (χ4v) is 2.02. The van der Waals surface area contributed by atoms with Gasteiger partial charge in [0.1, 0.15) is 13.2 Å². The molecule has 0 unspecified atom stereocenters. The van der Waals surface area contributed by atoms with Crippen molar-refractivity contribution in [1.82, 2.24) is 4.90 Å². The molecule has 0 spiro atoms. The summed E-state index contributed by atoms with van der Waals surface area (Å²) in [5, 5.41) is 0. The van der Waals surface area contributed by atoms with Gasteiger partial charge in [0.15, 0.2) is 11.5 Å². The van der Waals surface area contributed by atoms with Crippen LogP contribution in [0, 0.1) is 6.92 Å². The number of fused-ring (bicyclic) bond motifs is 1. The monoisotopic (exact) mass is 250 g/mol. The number of primary amides is 1. The van der Waals surface area contributed by atoms with Gasteiger partial charge in [-0.25, -0.2) is 0 Å². The third kappa shape index (κ3) is 2.92. The summed E-state index contributed by atoms with van der Waals surface area (Å²) in [6, 6.07) is 3.95. The molecule has 98 valence electrons. The van der Waals surface area contributed by atoms with Crippen LogP contribution in [0.4, 0.5) is 0 Å². The van der Waals surface area contributed by atoms with Crippen LogP contribution in [0.25, 0.3) is 0 Å². The largest absolute Gasteiger partial charge is 0.486 e. The molecule has 1 aromatic rings. The van der Waals surface area contributed by atoms with E-state index < -0.39 is 0 Å². The fraction of sp³-hybridized carbons (Fsp3) is 0.462. The maximum Gasteiger partial charge on any atom is 0.231 e. The summed E-state index contributed by atoms with van der Waals surface area (Å²) in [5.74, 6) is 1.24. The summed E-state index contributed by atoms with van der Waals surface area (Å²) in [6.07, 6.45) is 0. The molecule has 1 aliphatic rings. The van der Waals surface area contributed by atoms with Crippen molar-refractivity contribution in [2.75, 3.05) is 26.8 Å². The van der Waals surface area contributed by atoms with E-state index in [9.17, 15) is 4.79 Å². The molecule has 0 aromatic heterocycles. The molecule has 1 heterocycles. The Morgan fingerprint density at radius 1 is 1.33 bits per heavy atom. The average Bonchev–Trinajstić information content (AvgIpc) is 2.29. The van der Waals surface area contributed by atoms with Crippen LogP contribution in [0.3, 0.4) is 0 Å². The van der Waals surface area contributed by atoms with Gasteiger partial charge in [-0.05, 0) is 37.2 Å². The summed E-state index contributed by atoms with van der Waals surface area (Å²) in [4.78, 5) is 12.7. The first-order chi connectivity index (χ1) is 8.56. The number of likely N-dealkylation sites (N-methyl/N-ethyl adjacent to an activating group) is 1. The Hall–Kier alpha value is -1.75. The number of carbonyl (C=O) groups excluding carboxylic acids is 1. The summed E-state index contributed by atoms with van der Waals surface area (Å²) in [7, 11) is 1.86. The molecule has 0 bridgehead atoms. The van der Waals surface area contributed by atoms with Crippen LogP contribution in [0.5, 0.6) is 11.5 Å². The Morgan fingerprint density at radius 3 is 2.56 bits per heavy atom. The number of hydrogen-bond acceptors (Lipinski definition) is 4. The van der Waals surface area contributed by atoms with Crippen molar-refractivity contribution in [3.63, 3.8) is 0 Å². The minimum Gasteiger partial charge on any atom is -0.486 e. The Labute approximate surface area is 106 Å². The van der Waals surface area contributed by atoms with Crippen LogP contribution in [0.2, 0.25) is 0 Å². The molecule has 0 fully saturated rings. The predicted molar refractivity (Wildman–Crippen MR) is 67.7 cm³/mol. The van der Waals surface area contributed by atoms with Gasteiger partial charge < -0.3 is 15.2 Å². The summed E-state index contributed by atoms with van der Waals surface area (Å²) < 4.78 is 11.1. The standard InChI is InChI=1S/C13H18N2O3/c1-9-5-11-12(18-4-3-17-11)6-10(9)7-15(2)8-13(14)16/h5-6H,3-4,7-8H2,1-2H3,(H2,14,16). The Morgan fingerprint density at radius 2 is 1.94 bits per heavy atom. The highest BCUT2D eigenvalue weighted by molar-refractivity contribution is 5.75. The number of amides is 1. The van der Waals surface area contributed by atoms with Crippen molar-refractivity contribution in [3.05, 3.63) is 23.3 Å². The minimum atomic E-state index is -0.326. The van der Waals surface area contributed by atoms with E-state index >= 15 is 0 Å². The van der Waals surface area contributed by atoms with E-state index in [1.807, 2.05) is 31.0 Å². The van der Waals surface area contributed by atoms with Crippen LogP contribution in [-0.4, -0.2) is 37.6 Å². The zero-order chi connectivity index (χ0) is 13.1. The van der Waals surface area contributed by atoms with Gasteiger partial charge in [-0.3, -0.25) is 9.69 Å². The number of rotatable bonds is 4. The van der Waals surface area contributed by atoms with Gasteiger partial charge in [0.2, 0.25) is 5.91 Å². The van der Waals surface area contributed by atoms with Crippen molar-refractivity contribution in [2.24, 2.45) is 5.73 Å². The van der Waals surface area contributed by atoms with Crippen molar-refractivity contribution >= 4 is 5.91 Å². The van der Waals surface area contributed by atoms with Crippen molar-refractivity contribution in [1.29, 1.82) is 0 Å². The molecule has 5 nitrogen and oxygen atoms in total. The molecular formula is C13H18N2O3. The molecule has 0 saturated carbocycles. The molecule has 0 saturated heterocycles. The van der Waals surface area contributed by atoms with Crippen LogP contribution in [0.15, 0.2) is 12.1 Å². The van der Waals surface area contributed by atoms with E-state index in [1.54, 1.807) is 0 Å². The van der Waals surface area contributed by atoms with E-state index in [4.69, 9.17) is 15.2 Å². The second-order valence-electron chi connectivity index (χ2n) is 4.56. The normalized spacial score (nSPS) is 13.7. The van der Waals surface area contributed by atoms with Gasteiger partial charge in [0, 0.05) is 6.54 Å². The number of ether oxygens (including phenoxy) is 2. The van der Waals surface area contributed by atoms with E-state index in [2.05, 4.69) is 0 Å². The summed E-state index contributed by atoms with van der Waals surface area (Å²) in [6.45, 7) is 4.09. The highest BCUT2D eigenvalue weighted by Crippen LogP contribution is 2.33. The van der Waals surface area contributed by atoms with E-state index in [1.165, 1.54) is 0 Å². The maximum absolute atomic E-state index is 10.9. The summed E-state index contributed by atoms with van der Waals surface area (Å²) >= 11 is 0. The lowest BCUT2D eigenvalue weighted by molar-refractivity contribution is -0.118. The number of aryl methyl sites for hydroxylation is 1. The number of nitrogens with two attached hydrogens (primary N) is 1. The molecule has 2 rings (SSSR count). The Bertz CT molecular complexity index is 460. The van der Waals surface area contributed by atoms with Crippen LogP contribution >= 0.6 is 0 Å². The fourth-order valence-electron chi connectivity index (χ4n) is 2.02. The van der Waals surface area contributed by atoms with Crippen LogP contribution in [0.1, 0.15) is 11.1 Å². The van der Waals surface area contributed by atoms with E-state index in [-0.39, 0.29) is 12.5 Å². The SMILES string of the molecule is Cc1cc2c(cc1CN(C)CC(N)=O)OCCO2. The molecule has 2 N–H and O–H groups in total. The lowest BCUT2D eigenvalue weighted by atomic mass is 10.1. The Kier molecular flexibility index (Phi) is 3.72. The lowest BCUT2D eigenvalue weighted by Crippen LogP contribution is -2.30. The van der Waals surface area contributed by atoms with Crippen LogP contribution in [-0.2, 0) is 11.3 Å². The quantitative estimate of drug-likeness (QED) is 0.853. The van der Waals surface area contributed by atoms with Crippen molar-refractivity contribution < 1.29 is 14.3 Å². The van der Waals surface area contributed by atoms with Crippen LogP contribution < -0.4 is 15.2 Å². The maximum atomic E-state index is 10.9. The first-order valence-electron chi connectivity index (χ1n) is 5.92. The van der Waals surface area contributed by atoms with Crippen molar-refractivity contribution in [2.45, 2.75) is 13.5 Å². The number of hydrogen-bond donors (Lipinski definition) is 1. The molecule has 0 radical (unpaired) electrons. The molecule has 0 atom stereocenters. The highest BCUT2D eigenvalue weighted by atomic mass is 16.6. The number of carbonyl (C=O) groups is 1. The van der Waals surface area contributed by atoms with Gasteiger partial charge in [-0.1, -0.05) is 0 Å². The van der Waals surface area contributed by atoms with Gasteiger partial charge in [-0.15, -0.1) is 0 Å². The van der Waals surface area contributed by atoms with Gasteiger partial charge >= 0.3 is 0 Å². The lowest BCUT2D eigenvalue weighted by Gasteiger charge is -2.22. The third-order valence-corrected chi connectivity index (χ3v) is 2.87. The number of nitrogens with zero attached hydrogens (tertiary/aromatic N) is 1. The molecule has 0 aliphatic carbocycles. The van der Waals surface area contributed by atoms with Gasteiger partial charge in [-0.2, -0.15) is 0 Å². The van der Waals surface area contributed by atoms with Gasteiger partial charge in [0.25, 0.3) is 0 Å². The Balaban J connectivity index is 2.15. The van der Waals surface area contributed by atoms with Crippen molar-refractivity contribution in [3.8, 4) is 11.5 Å². The minimum absolute atomic E-state index is 0.244. The second-order valence-corrected chi connectivity index (χ2v) is 4.56. The molecular weight excluding hydrogens is 232 g/mol. The smallest absolute Gasteiger partial charge is 0.231 e. The zero-order valence-electron chi connectivity index (χ0n) is 10.7. The molecule has 5 heteroatoms. The molecule has 1 aliphatic heterocycles. The zero-order valence-corrected chi connectivity index (χ0v) is 10.7. The first kappa shape index (κ1) is 12.7. The molecule has 1 amide bonds. The van der Waals surface area contributed by atoms with E-state index in [0.29, 0.717) is 19.8 Å². The third-order valence-electron chi connectivity index (χ3n) is 2.87. The molecule has 1 aromatic carbocycles. The average molecular weight is 250 g/mol. The predicted octanol–water partition coefficient (Wildman–Crippen LogP) is 0.683. The second kappa shape index (κ2) is 5.27. The molecule has 18 heavy (non-hydrogen) atoms. The topological polar surface area (TPSA) is 64.8 Å². The number of benzene rings is 1. The van der Waals surface area contributed by atoms with E-state index in [0.717, 1.165) is 22.6 Å². The van der Waals surface area contributed by atoms with Gasteiger partial charge in [0.05, 0.1) is 6.54 Å².